The number of nitrogens with one attached hydrogen (secondary N) is 3. The highest BCUT2D eigenvalue weighted by Gasteiger charge is 2.16. The lowest BCUT2D eigenvalue weighted by Crippen LogP contribution is -2.29. The maximum atomic E-state index is 12.8. The van der Waals surface area contributed by atoms with Crippen molar-refractivity contribution in [1.82, 2.24) is 10.3 Å². The molecule has 1 aromatic carbocycles. The fourth-order valence-electron chi connectivity index (χ4n) is 3.40. The highest BCUT2D eigenvalue weighted by Crippen LogP contribution is 2.22. The predicted molar refractivity (Wildman–Crippen MR) is 105 cm³/mol. The number of fused-ring (bicyclic) bond motifs is 2. The lowest BCUT2D eigenvalue weighted by molar-refractivity contribution is 0.0950. The molecule has 3 N–H and O–H groups in total. The van der Waals surface area contributed by atoms with E-state index in [1.165, 1.54) is 0 Å². The van der Waals surface area contributed by atoms with Gasteiger partial charge in [0.15, 0.2) is 0 Å². The highest BCUT2D eigenvalue weighted by molar-refractivity contribution is 5.97. The molecule has 136 valence electrons. The number of allylic oxidation sites excluding steroid dienone is 2. The first-order chi connectivity index (χ1) is 12.6. The minimum Gasteiger partial charge on any atom is -0.385 e. The average molecular weight is 351 g/mol. The number of rotatable bonds is 2. The zero-order valence-corrected chi connectivity index (χ0v) is 15.3. The average Bonchev–Trinajstić information content (AvgIpc) is 2.60. The van der Waals surface area contributed by atoms with Gasteiger partial charge in [-0.05, 0) is 62.4 Å². The number of hydrogen-bond acceptors (Lipinski definition) is 3. The Balaban J connectivity index is 2.00. The molecule has 5 heteroatoms. The van der Waals surface area contributed by atoms with Crippen LogP contribution in [-0.4, -0.2) is 17.4 Å². The summed E-state index contributed by atoms with van der Waals surface area (Å²) in [5, 5.41) is 6.26. The van der Waals surface area contributed by atoms with Gasteiger partial charge >= 0.3 is 0 Å². The van der Waals surface area contributed by atoms with E-state index in [1.807, 2.05) is 38.1 Å². The Labute approximate surface area is 153 Å². The summed E-state index contributed by atoms with van der Waals surface area (Å²) in [5.74, 6) is -0.153. The third-order valence-corrected chi connectivity index (χ3v) is 4.65. The fraction of sp³-hybridized carbons (Fsp3) is 0.333. The van der Waals surface area contributed by atoms with Crippen LogP contribution in [0.25, 0.3) is 0 Å². The number of carbonyl (C=O) groups is 1. The maximum Gasteiger partial charge on any atom is 0.253 e. The molecule has 0 unspecified atom stereocenters. The van der Waals surface area contributed by atoms with Gasteiger partial charge in [0.1, 0.15) is 0 Å². The SMILES string of the molecule is CCNc1cccc2c1C/C=C/CCc1cc(C)[nH]c(=O)c1CNC2=O. The van der Waals surface area contributed by atoms with Gasteiger partial charge < -0.3 is 15.6 Å². The maximum absolute atomic E-state index is 12.8. The molecule has 26 heavy (non-hydrogen) atoms. The van der Waals surface area contributed by atoms with Gasteiger partial charge in [-0.2, -0.15) is 0 Å². The Bertz CT molecular complexity index is 897. The van der Waals surface area contributed by atoms with Gasteiger partial charge in [-0.3, -0.25) is 9.59 Å². The van der Waals surface area contributed by atoms with Gasteiger partial charge in [0.05, 0.1) is 0 Å². The quantitative estimate of drug-likeness (QED) is 0.728. The van der Waals surface area contributed by atoms with Crippen LogP contribution in [0.2, 0.25) is 0 Å². The molecular weight excluding hydrogens is 326 g/mol. The number of carbonyl (C=O) groups excluding carboxylic acids is 1. The Hall–Kier alpha value is -2.82. The normalized spacial score (nSPS) is 15.7. The predicted octanol–water partition coefficient (Wildman–Crippen LogP) is 3.09. The second-order valence-corrected chi connectivity index (χ2v) is 6.54. The molecule has 0 bridgehead atoms. The molecule has 0 atom stereocenters. The number of aromatic nitrogens is 1. The molecule has 0 saturated heterocycles. The summed E-state index contributed by atoms with van der Waals surface area (Å²) in [4.78, 5) is 28.0. The Morgan fingerprint density at radius 1 is 1.15 bits per heavy atom. The summed E-state index contributed by atoms with van der Waals surface area (Å²) < 4.78 is 0. The smallest absolute Gasteiger partial charge is 0.253 e. The number of amides is 1. The van der Waals surface area contributed by atoms with Gasteiger partial charge in [-0.15, -0.1) is 0 Å². The number of anilines is 1. The second kappa shape index (κ2) is 8.04. The molecule has 0 radical (unpaired) electrons. The van der Waals surface area contributed by atoms with Crippen LogP contribution < -0.4 is 16.2 Å². The zero-order valence-electron chi connectivity index (χ0n) is 15.3. The van der Waals surface area contributed by atoms with Gasteiger partial charge in [0, 0.05) is 35.6 Å². The van der Waals surface area contributed by atoms with Crippen LogP contribution in [0.1, 0.15) is 46.1 Å². The number of hydrogen-bond donors (Lipinski definition) is 3. The van der Waals surface area contributed by atoms with Crippen molar-refractivity contribution in [2.45, 2.75) is 39.7 Å². The largest absolute Gasteiger partial charge is 0.385 e. The minimum atomic E-state index is -0.153. The number of pyridine rings is 1. The van der Waals surface area contributed by atoms with Crippen LogP contribution in [0, 0.1) is 6.92 Å². The lowest BCUT2D eigenvalue weighted by Gasteiger charge is -2.16. The monoisotopic (exact) mass is 351 g/mol. The van der Waals surface area contributed by atoms with Crippen LogP contribution >= 0.6 is 0 Å². The molecule has 0 fully saturated rings. The van der Waals surface area contributed by atoms with Crippen LogP contribution in [-0.2, 0) is 19.4 Å². The molecule has 1 amide bonds. The van der Waals surface area contributed by atoms with E-state index < -0.39 is 0 Å². The molecule has 3 rings (SSSR count). The van der Waals surface area contributed by atoms with Crippen molar-refractivity contribution in [3.8, 4) is 0 Å². The van der Waals surface area contributed by atoms with Crippen molar-refractivity contribution in [2.75, 3.05) is 11.9 Å². The van der Waals surface area contributed by atoms with Crippen LogP contribution in [0.3, 0.4) is 0 Å². The van der Waals surface area contributed by atoms with Gasteiger partial charge in [0.2, 0.25) is 0 Å². The van der Waals surface area contributed by atoms with Crippen LogP contribution in [0.5, 0.6) is 0 Å². The summed E-state index contributed by atoms with van der Waals surface area (Å²) in [7, 11) is 0. The van der Waals surface area contributed by atoms with Gasteiger partial charge in [-0.25, -0.2) is 0 Å². The topological polar surface area (TPSA) is 74.0 Å². The van der Waals surface area contributed by atoms with Crippen molar-refractivity contribution in [2.24, 2.45) is 0 Å². The molecule has 1 aromatic heterocycles. The third-order valence-electron chi connectivity index (χ3n) is 4.65. The first-order valence-electron chi connectivity index (χ1n) is 9.10. The molecule has 0 saturated carbocycles. The fourth-order valence-corrected chi connectivity index (χ4v) is 3.40. The summed E-state index contributed by atoms with van der Waals surface area (Å²) in [6, 6.07) is 7.72. The highest BCUT2D eigenvalue weighted by atomic mass is 16.1. The summed E-state index contributed by atoms with van der Waals surface area (Å²) in [6.45, 7) is 4.95. The molecule has 0 aliphatic carbocycles. The molecule has 5 nitrogen and oxygen atoms in total. The zero-order chi connectivity index (χ0) is 18.5. The van der Waals surface area contributed by atoms with Crippen molar-refractivity contribution in [3.63, 3.8) is 0 Å². The van der Waals surface area contributed by atoms with Crippen molar-refractivity contribution < 1.29 is 4.79 Å². The Morgan fingerprint density at radius 3 is 2.81 bits per heavy atom. The number of H-pyrrole nitrogens is 1. The van der Waals surface area contributed by atoms with E-state index in [2.05, 4.69) is 27.8 Å². The van der Waals surface area contributed by atoms with Crippen molar-refractivity contribution in [1.29, 1.82) is 0 Å². The lowest BCUT2D eigenvalue weighted by atomic mass is 9.98. The van der Waals surface area contributed by atoms with Crippen LogP contribution in [0.4, 0.5) is 5.69 Å². The molecule has 1 aliphatic rings. The standard InChI is InChI=1S/C21H25N3O2/c1-3-22-19-11-7-10-17-16(19)9-6-4-5-8-15-12-14(2)24-21(26)18(15)13-23-20(17)25/h4,6-7,10-12,22H,3,5,8-9,13H2,1-2H3,(H,23,25)(H,24,26)/b6-4+. The van der Waals surface area contributed by atoms with Gasteiger partial charge in [0.25, 0.3) is 11.5 Å². The van der Waals surface area contributed by atoms with E-state index in [1.54, 1.807) is 0 Å². The summed E-state index contributed by atoms with van der Waals surface area (Å²) in [6.07, 6.45) is 6.59. The molecule has 1 aliphatic heterocycles. The third kappa shape index (κ3) is 3.87. The first kappa shape index (κ1) is 18.0. The Kier molecular flexibility index (Phi) is 5.56. The Morgan fingerprint density at radius 2 is 2.00 bits per heavy atom. The number of aromatic amines is 1. The number of aryl methyl sites for hydroxylation is 2. The molecule has 2 heterocycles. The van der Waals surface area contributed by atoms with Crippen LogP contribution in [0.15, 0.2) is 41.2 Å². The first-order valence-corrected chi connectivity index (χ1v) is 9.10. The molecular formula is C21H25N3O2. The van der Waals surface area contributed by atoms with E-state index >= 15 is 0 Å². The van der Waals surface area contributed by atoms with E-state index in [0.29, 0.717) is 17.5 Å². The second-order valence-electron chi connectivity index (χ2n) is 6.54. The summed E-state index contributed by atoms with van der Waals surface area (Å²) in [5.41, 5.74) is 4.98. The van der Waals surface area contributed by atoms with E-state index in [0.717, 1.165) is 41.9 Å². The number of benzene rings is 1. The molecule has 0 spiro atoms. The van der Waals surface area contributed by atoms with Gasteiger partial charge in [-0.1, -0.05) is 18.2 Å². The summed E-state index contributed by atoms with van der Waals surface area (Å²) >= 11 is 0. The molecule has 2 aromatic rings. The minimum absolute atomic E-state index is 0.122. The van der Waals surface area contributed by atoms with Crippen molar-refractivity contribution in [3.05, 3.63) is 74.7 Å². The van der Waals surface area contributed by atoms with E-state index in [4.69, 9.17) is 0 Å². The van der Waals surface area contributed by atoms with Crippen molar-refractivity contribution >= 4 is 11.6 Å². The van der Waals surface area contributed by atoms with E-state index in [-0.39, 0.29) is 18.0 Å². The van der Waals surface area contributed by atoms with E-state index in [9.17, 15) is 9.59 Å².